The normalized spacial score (nSPS) is 10.3. The Morgan fingerprint density at radius 3 is 2.65 bits per heavy atom. The standard InChI is InChI=1S/C13H15NO3/c1-9-4-5-11(6-7-13(16)17-3)12(8-9)14-10(2)15/h4-8H,1-3H3,(H,14,15)/b7-6+. The third-order valence-electron chi connectivity index (χ3n) is 2.12. The summed E-state index contributed by atoms with van der Waals surface area (Å²) in [4.78, 5) is 22.0. The van der Waals surface area contributed by atoms with E-state index in [0.29, 0.717) is 5.69 Å². The van der Waals surface area contributed by atoms with Crippen LogP contribution in [0.1, 0.15) is 18.1 Å². The molecule has 90 valence electrons. The fraction of sp³-hybridized carbons (Fsp3) is 0.231. The Kier molecular flexibility index (Phi) is 4.46. The van der Waals surface area contributed by atoms with Crippen molar-refractivity contribution in [3.05, 3.63) is 35.4 Å². The molecule has 0 saturated carbocycles. The second kappa shape index (κ2) is 5.84. The second-order valence-corrected chi connectivity index (χ2v) is 3.63. The number of rotatable bonds is 3. The maximum atomic E-state index is 11.0. The van der Waals surface area contributed by atoms with Crippen LogP contribution in [0.3, 0.4) is 0 Å². The summed E-state index contributed by atoms with van der Waals surface area (Å²) in [7, 11) is 1.32. The number of amides is 1. The number of nitrogens with one attached hydrogen (secondary N) is 1. The third-order valence-corrected chi connectivity index (χ3v) is 2.12. The van der Waals surface area contributed by atoms with Crippen molar-refractivity contribution in [2.45, 2.75) is 13.8 Å². The zero-order chi connectivity index (χ0) is 12.8. The number of ether oxygens (including phenoxy) is 1. The Morgan fingerprint density at radius 2 is 2.06 bits per heavy atom. The molecule has 17 heavy (non-hydrogen) atoms. The topological polar surface area (TPSA) is 55.4 Å². The molecule has 0 fully saturated rings. The summed E-state index contributed by atoms with van der Waals surface area (Å²) in [6.07, 6.45) is 2.92. The number of anilines is 1. The molecule has 1 aromatic carbocycles. The van der Waals surface area contributed by atoms with Gasteiger partial charge in [-0.05, 0) is 30.2 Å². The van der Waals surface area contributed by atoms with Crippen molar-refractivity contribution in [3.8, 4) is 0 Å². The Balaban J connectivity index is 3.01. The Labute approximate surface area is 100 Å². The molecular weight excluding hydrogens is 218 g/mol. The monoisotopic (exact) mass is 233 g/mol. The molecule has 4 heteroatoms. The van der Waals surface area contributed by atoms with Crippen LogP contribution in [0.4, 0.5) is 5.69 Å². The van der Waals surface area contributed by atoms with E-state index in [1.54, 1.807) is 6.08 Å². The van der Waals surface area contributed by atoms with Gasteiger partial charge < -0.3 is 10.1 Å². The van der Waals surface area contributed by atoms with Crippen LogP contribution in [0.15, 0.2) is 24.3 Å². The smallest absolute Gasteiger partial charge is 0.330 e. The number of carbonyl (C=O) groups is 2. The van der Waals surface area contributed by atoms with Crippen molar-refractivity contribution in [3.63, 3.8) is 0 Å². The van der Waals surface area contributed by atoms with Gasteiger partial charge in [-0.2, -0.15) is 0 Å². The van der Waals surface area contributed by atoms with Crippen LogP contribution in [-0.2, 0) is 14.3 Å². The minimum atomic E-state index is -0.431. The van der Waals surface area contributed by atoms with Gasteiger partial charge in [0.25, 0.3) is 0 Å². The molecule has 0 radical (unpaired) electrons. The number of aryl methyl sites for hydroxylation is 1. The number of methoxy groups -OCH3 is 1. The lowest BCUT2D eigenvalue weighted by atomic mass is 10.1. The average Bonchev–Trinajstić information content (AvgIpc) is 2.26. The van der Waals surface area contributed by atoms with E-state index in [1.165, 1.54) is 20.1 Å². The summed E-state index contributed by atoms with van der Waals surface area (Å²) in [5, 5.41) is 2.71. The van der Waals surface area contributed by atoms with Crippen LogP contribution in [0.5, 0.6) is 0 Å². The number of benzene rings is 1. The van der Waals surface area contributed by atoms with Crippen molar-refractivity contribution in [2.75, 3.05) is 12.4 Å². The van der Waals surface area contributed by atoms with E-state index in [9.17, 15) is 9.59 Å². The van der Waals surface area contributed by atoms with E-state index in [4.69, 9.17) is 0 Å². The quantitative estimate of drug-likeness (QED) is 0.642. The van der Waals surface area contributed by atoms with Crippen LogP contribution in [-0.4, -0.2) is 19.0 Å². The summed E-state index contributed by atoms with van der Waals surface area (Å²) in [5.41, 5.74) is 2.47. The molecule has 0 bridgehead atoms. The predicted molar refractivity (Wildman–Crippen MR) is 66.5 cm³/mol. The highest BCUT2D eigenvalue weighted by Crippen LogP contribution is 2.19. The zero-order valence-corrected chi connectivity index (χ0v) is 10.1. The van der Waals surface area contributed by atoms with Crippen LogP contribution in [0.25, 0.3) is 6.08 Å². The molecule has 0 atom stereocenters. The molecule has 1 rings (SSSR count). The van der Waals surface area contributed by atoms with Gasteiger partial charge in [-0.1, -0.05) is 12.1 Å². The van der Waals surface area contributed by atoms with E-state index in [2.05, 4.69) is 10.1 Å². The molecule has 0 aliphatic heterocycles. The molecule has 1 N–H and O–H groups in total. The molecule has 0 heterocycles. The Morgan fingerprint density at radius 1 is 1.35 bits per heavy atom. The van der Waals surface area contributed by atoms with Gasteiger partial charge >= 0.3 is 5.97 Å². The SMILES string of the molecule is COC(=O)/C=C/c1ccc(C)cc1NC(C)=O. The Hall–Kier alpha value is -2.10. The highest BCUT2D eigenvalue weighted by molar-refractivity contribution is 5.93. The summed E-state index contributed by atoms with van der Waals surface area (Å²) >= 11 is 0. The lowest BCUT2D eigenvalue weighted by Gasteiger charge is -2.07. The van der Waals surface area contributed by atoms with E-state index >= 15 is 0 Å². The fourth-order valence-corrected chi connectivity index (χ4v) is 1.34. The van der Waals surface area contributed by atoms with E-state index < -0.39 is 5.97 Å². The first kappa shape index (κ1) is 13.0. The fourth-order valence-electron chi connectivity index (χ4n) is 1.34. The predicted octanol–water partition coefficient (Wildman–Crippen LogP) is 2.14. The molecule has 0 saturated heterocycles. The number of carbonyl (C=O) groups excluding carboxylic acids is 2. The first-order valence-electron chi connectivity index (χ1n) is 5.17. The highest BCUT2D eigenvalue weighted by atomic mass is 16.5. The number of hydrogen-bond donors (Lipinski definition) is 1. The van der Waals surface area contributed by atoms with Gasteiger partial charge in [0.15, 0.2) is 0 Å². The summed E-state index contributed by atoms with van der Waals surface area (Å²) in [6.45, 7) is 3.37. The van der Waals surface area contributed by atoms with Gasteiger partial charge in [0.05, 0.1) is 7.11 Å². The lowest BCUT2D eigenvalue weighted by Crippen LogP contribution is -2.07. The van der Waals surface area contributed by atoms with Gasteiger partial charge in [0, 0.05) is 18.7 Å². The van der Waals surface area contributed by atoms with E-state index in [-0.39, 0.29) is 5.91 Å². The maximum Gasteiger partial charge on any atom is 0.330 e. The van der Waals surface area contributed by atoms with Gasteiger partial charge in [0.1, 0.15) is 0 Å². The first-order chi connectivity index (χ1) is 8.02. The van der Waals surface area contributed by atoms with Crippen molar-refractivity contribution in [1.82, 2.24) is 0 Å². The molecule has 1 aromatic rings. The van der Waals surface area contributed by atoms with Crippen LogP contribution < -0.4 is 5.32 Å². The third kappa shape index (κ3) is 4.10. The van der Waals surface area contributed by atoms with Crippen LogP contribution in [0, 0.1) is 6.92 Å². The molecule has 0 aliphatic carbocycles. The first-order valence-corrected chi connectivity index (χ1v) is 5.17. The minimum Gasteiger partial charge on any atom is -0.466 e. The minimum absolute atomic E-state index is 0.150. The molecule has 4 nitrogen and oxygen atoms in total. The highest BCUT2D eigenvalue weighted by Gasteiger charge is 2.02. The van der Waals surface area contributed by atoms with E-state index in [1.807, 2.05) is 25.1 Å². The van der Waals surface area contributed by atoms with E-state index in [0.717, 1.165) is 11.1 Å². The van der Waals surface area contributed by atoms with Gasteiger partial charge in [-0.3, -0.25) is 4.79 Å². The number of esters is 1. The van der Waals surface area contributed by atoms with Gasteiger partial charge in [0.2, 0.25) is 5.91 Å². The van der Waals surface area contributed by atoms with Crippen LogP contribution in [0.2, 0.25) is 0 Å². The molecule has 1 amide bonds. The summed E-state index contributed by atoms with van der Waals surface area (Å²) < 4.78 is 4.50. The van der Waals surface area contributed by atoms with Gasteiger partial charge in [-0.15, -0.1) is 0 Å². The van der Waals surface area contributed by atoms with Crippen molar-refractivity contribution in [2.24, 2.45) is 0 Å². The summed E-state index contributed by atoms with van der Waals surface area (Å²) in [6, 6.07) is 5.58. The molecule has 0 aromatic heterocycles. The molecule has 0 spiro atoms. The van der Waals surface area contributed by atoms with Crippen molar-refractivity contribution < 1.29 is 14.3 Å². The molecular formula is C13H15NO3. The maximum absolute atomic E-state index is 11.0. The lowest BCUT2D eigenvalue weighted by molar-refractivity contribution is -0.134. The second-order valence-electron chi connectivity index (χ2n) is 3.63. The van der Waals surface area contributed by atoms with Crippen LogP contribution >= 0.6 is 0 Å². The number of hydrogen-bond acceptors (Lipinski definition) is 3. The van der Waals surface area contributed by atoms with Crippen molar-refractivity contribution in [1.29, 1.82) is 0 Å². The molecule has 0 aliphatic rings. The average molecular weight is 233 g/mol. The van der Waals surface area contributed by atoms with Crippen molar-refractivity contribution >= 4 is 23.6 Å². The Bertz CT molecular complexity index is 464. The van der Waals surface area contributed by atoms with Gasteiger partial charge in [-0.25, -0.2) is 4.79 Å². The largest absolute Gasteiger partial charge is 0.466 e. The molecule has 0 unspecified atom stereocenters. The zero-order valence-electron chi connectivity index (χ0n) is 10.1. The summed E-state index contributed by atoms with van der Waals surface area (Å²) in [5.74, 6) is -0.581.